The van der Waals surface area contributed by atoms with Gasteiger partial charge >= 0.3 is 0 Å². The number of piperazine rings is 1. The van der Waals surface area contributed by atoms with E-state index in [0.29, 0.717) is 39.3 Å². The fourth-order valence-electron chi connectivity index (χ4n) is 4.20. The molecule has 2 heterocycles. The minimum absolute atomic E-state index is 0.0115. The van der Waals surface area contributed by atoms with Crippen molar-refractivity contribution >= 4 is 21.4 Å². The molecule has 1 amide bonds. The van der Waals surface area contributed by atoms with Crippen molar-refractivity contribution in [1.82, 2.24) is 9.80 Å². The summed E-state index contributed by atoms with van der Waals surface area (Å²) in [5, 5.41) is 10.1. The zero-order valence-electron chi connectivity index (χ0n) is 16.9. The molecule has 0 aliphatic carbocycles. The Morgan fingerprint density at radius 2 is 1.43 bits per heavy atom. The van der Waals surface area contributed by atoms with Gasteiger partial charge in [0.2, 0.25) is 5.91 Å². The van der Waals surface area contributed by atoms with Crippen LogP contribution < -0.4 is 4.90 Å². The van der Waals surface area contributed by atoms with Gasteiger partial charge < -0.3 is 14.9 Å². The lowest BCUT2D eigenvalue weighted by molar-refractivity contribution is -0.137. The number of sulfone groups is 1. The van der Waals surface area contributed by atoms with Crippen molar-refractivity contribution in [2.24, 2.45) is 0 Å². The number of carbonyl (C=O) groups is 1. The number of hydrogen-bond donors (Lipinski definition) is 1. The van der Waals surface area contributed by atoms with Crippen LogP contribution in [-0.2, 0) is 14.6 Å². The van der Waals surface area contributed by atoms with E-state index in [4.69, 9.17) is 0 Å². The molecule has 0 saturated carbocycles. The van der Waals surface area contributed by atoms with Crippen molar-refractivity contribution in [3.63, 3.8) is 0 Å². The fraction of sp³-hybridized carbons (Fsp3) is 0.409. The summed E-state index contributed by atoms with van der Waals surface area (Å²) in [6.45, 7) is 3.13. The van der Waals surface area contributed by atoms with E-state index < -0.39 is 15.9 Å². The van der Waals surface area contributed by atoms with Crippen LogP contribution in [0.15, 0.2) is 54.6 Å². The first-order chi connectivity index (χ1) is 14.4. The van der Waals surface area contributed by atoms with Gasteiger partial charge in [0.1, 0.15) is 11.8 Å². The summed E-state index contributed by atoms with van der Waals surface area (Å²) in [7, 11) is -3.02. The lowest BCUT2D eigenvalue weighted by Gasteiger charge is -2.40. The lowest BCUT2D eigenvalue weighted by Crippen LogP contribution is -2.54. The molecular formula is C22H27N3O4S. The van der Waals surface area contributed by atoms with Gasteiger partial charge in [-0.25, -0.2) is 8.42 Å². The highest BCUT2D eigenvalue weighted by atomic mass is 32.2. The molecule has 0 aromatic heterocycles. The standard InChI is InChI=1S/C22H27N3O4S/c26-20-9-5-4-8-19(20)23-10-12-25(13-11-23)22(27)21(18-6-2-1-3-7-18)24-14-16-30(28,29)17-15-24/h1-9,21,26H,10-17H2. The molecule has 4 rings (SSSR count). The first-order valence-corrected chi connectivity index (χ1v) is 12.1. The minimum Gasteiger partial charge on any atom is -0.506 e. The number of hydrogen-bond acceptors (Lipinski definition) is 6. The van der Waals surface area contributed by atoms with E-state index >= 15 is 0 Å². The van der Waals surface area contributed by atoms with Crippen molar-refractivity contribution in [3.8, 4) is 5.75 Å². The molecule has 2 aromatic carbocycles. The van der Waals surface area contributed by atoms with Crippen LogP contribution >= 0.6 is 0 Å². The number of aromatic hydroxyl groups is 1. The monoisotopic (exact) mass is 429 g/mol. The molecule has 30 heavy (non-hydrogen) atoms. The van der Waals surface area contributed by atoms with Crippen molar-refractivity contribution in [2.45, 2.75) is 6.04 Å². The van der Waals surface area contributed by atoms with Crippen molar-refractivity contribution in [2.75, 3.05) is 55.7 Å². The Morgan fingerprint density at radius 1 is 0.833 bits per heavy atom. The molecule has 2 fully saturated rings. The average molecular weight is 430 g/mol. The highest BCUT2D eigenvalue weighted by Crippen LogP contribution is 2.29. The molecule has 1 unspecified atom stereocenters. The SMILES string of the molecule is O=C(C(c1ccccc1)N1CCS(=O)(=O)CC1)N1CCN(c2ccccc2O)CC1. The normalized spacial score (nSPS) is 20.7. The van der Waals surface area contributed by atoms with Crippen LogP contribution in [0.5, 0.6) is 5.75 Å². The zero-order chi connectivity index (χ0) is 21.1. The summed E-state index contributed by atoms with van der Waals surface area (Å²) in [5.74, 6) is 0.432. The summed E-state index contributed by atoms with van der Waals surface area (Å²) in [6.07, 6.45) is 0. The molecule has 0 radical (unpaired) electrons. The largest absolute Gasteiger partial charge is 0.506 e. The quantitative estimate of drug-likeness (QED) is 0.794. The van der Waals surface area contributed by atoms with Gasteiger partial charge in [-0.2, -0.15) is 0 Å². The molecule has 8 heteroatoms. The van der Waals surface area contributed by atoms with E-state index in [-0.39, 0.29) is 23.2 Å². The molecule has 0 spiro atoms. The molecule has 1 atom stereocenters. The topological polar surface area (TPSA) is 81.2 Å². The molecule has 160 valence electrons. The number of phenolic OH excluding ortho intramolecular Hbond substituents is 1. The Hall–Kier alpha value is -2.58. The third-order valence-corrected chi connectivity index (χ3v) is 7.52. The zero-order valence-corrected chi connectivity index (χ0v) is 17.7. The Bertz CT molecular complexity index is 974. The second kappa shape index (κ2) is 8.65. The molecule has 2 aromatic rings. The third-order valence-electron chi connectivity index (χ3n) is 5.91. The Balaban J connectivity index is 1.49. The van der Waals surface area contributed by atoms with Crippen LogP contribution in [0.25, 0.3) is 0 Å². The maximum absolute atomic E-state index is 13.5. The number of rotatable bonds is 4. The molecular weight excluding hydrogens is 402 g/mol. The van der Waals surface area contributed by atoms with E-state index in [1.165, 1.54) is 0 Å². The number of carbonyl (C=O) groups excluding carboxylic acids is 1. The molecule has 0 bridgehead atoms. The molecule has 7 nitrogen and oxygen atoms in total. The van der Waals surface area contributed by atoms with E-state index in [2.05, 4.69) is 4.90 Å². The van der Waals surface area contributed by atoms with Gasteiger partial charge in [-0.1, -0.05) is 42.5 Å². The third kappa shape index (κ3) is 4.44. The van der Waals surface area contributed by atoms with Gasteiger partial charge in [0.25, 0.3) is 0 Å². The summed E-state index contributed by atoms with van der Waals surface area (Å²) in [5.41, 5.74) is 1.68. The number of phenols is 1. The van der Waals surface area contributed by atoms with Gasteiger partial charge in [0.15, 0.2) is 9.84 Å². The van der Waals surface area contributed by atoms with E-state index in [0.717, 1.165) is 11.3 Å². The molecule has 2 aliphatic rings. The van der Waals surface area contributed by atoms with Crippen molar-refractivity contribution in [3.05, 3.63) is 60.2 Å². The number of para-hydroxylation sites is 2. The number of anilines is 1. The predicted molar refractivity (Wildman–Crippen MR) is 116 cm³/mol. The lowest BCUT2D eigenvalue weighted by atomic mass is 10.0. The Kier molecular flexibility index (Phi) is 5.97. The van der Waals surface area contributed by atoms with E-state index in [9.17, 15) is 18.3 Å². The van der Waals surface area contributed by atoms with Crippen molar-refractivity contribution < 1.29 is 18.3 Å². The summed E-state index contributed by atoms with van der Waals surface area (Å²) in [4.78, 5) is 19.5. The molecule has 1 N–H and O–H groups in total. The van der Waals surface area contributed by atoms with Crippen LogP contribution in [0, 0.1) is 0 Å². The average Bonchev–Trinajstić information content (AvgIpc) is 2.76. The maximum atomic E-state index is 13.5. The predicted octanol–water partition coefficient (Wildman–Crippen LogP) is 1.51. The smallest absolute Gasteiger partial charge is 0.244 e. The highest BCUT2D eigenvalue weighted by Gasteiger charge is 2.36. The number of benzene rings is 2. The van der Waals surface area contributed by atoms with Gasteiger partial charge in [-0.15, -0.1) is 0 Å². The van der Waals surface area contributed by atoms with Gasteiger partial charge in [-0.3, -0.25) is 9.69 Å². The Labute approximate surface area is 177 Å². The Morgan fingerprint density at radius 3 is 2.07 bits per heavy atom. The summed E-state index contributed by atoms with van der Waals surface area (Å²) >= 11 is 0. The summed E-state index contributed by atoms with van der Waals surface area (Å²) < 4.78 is 23.8. The molecule has 2 aliphatic heterocycles. The van der Waals surface area contributed by atoms with E-state index in [1.807, 2.05) is 52.3 Å². The van der Waals surface area contributed by atoms with Gasteiger partial charge in [-0.05, 0) is 17.7 Å². The van der Waals surface area contributed by atoms with Crippen LogP contribution in [-0.4, -0.2) is 80.0 Å². The van der Waals surface area contributed by atoms with Crippen molar-refractivity contribution in [1.29, 1.82) is 0 Å². The van der Waals surface area contributed by atoms with Crippen LogP contribution in [0.1, 0.15) is 11.6 Å². The van der Waals surface area contributed by atoms with Crippen LogP contribution in [0.3, 0.4) is 0 Å². The van der Waals surface area contributed by atoms with Crippen LogP contribution in [0.4, 0.5) is 5.69 Å². The maximum Gasteiger partial charge on any atom is 0.244 e. The second-order valence-corrected chi connectivity index (χ2v) is 10.1. The highest BCUT2D eigenvalue weighted by molar-refractivity contribution is 7.91. The second-order valence-electron chi connectivity index (χ2n) is 7.80. The number of nitrogens with zero attached hydrogens (tertiary/aromatic N) is 3. The van der Waals surface area contributed by atoms with E-state index in [1.54, 1.807) is 12.1 Å². The molecule has 2 saturated heterocycles. The summed E-state index contributed by atoms with van der Waals surface area (Å²) in [6, 6.07) is 16.4. The van der Waals surface area contributed by atoms with Crippen LogP contribution in [0.2, 0.25) is 0 Å². The fourth-order valence-corrected chi connectivity index (χ4v) is 5.43. The minimum atomic E-state index is -3.02. The van der Waals surface area contributed by atoms with Gasteiger partial charge in [0.05, 0.1) is 17.2 Å². The number of amides is 1. The van der Waals surface area contributed by atoms with Gasteiger partial charge in [0, 0.05) is 39.3 Å². The first kappa shape index (κ1) is 20.7. The first-order valence-electron chi connectivity index (χ1n) is 10.3.